The molecule has 3 heteroatoms. The van der Waals surface area contributed by atoms with Crippen LogP contribution in [-0.4, -0.2) is 17.7 Å². The maximum Gasteiger partial charge on any atom is 0.230 e. The zero-order chi connectivity index (χ0) is 8.93. The number of rotatable bonds is 0. The van der Waals surface area contributed by atoms with Gasteiger partial charge in [0, 0.05) is 12.5 Å². The third-order valence-electron chi connectivity index (χ3n) is 3.10. The van der Waals surface area contributed by atoms with Crippen LogP contribution in [0.3, 0.4) is 0 Å². The molecule has 2 atom stereocenters. The van der Waals surface area contributed by atoms with Gasteiger partial charge in [0.1, 0.15) is 5.78 Å². The van der Waals surface area contributed by atoms with Crippen molar-refractivity contribution in [3.63, 3.8) is 0 Å². The molecule has 3 rings (SSSR count). The smallest absolute Gasteiger partial charge is 0.230 e. The summed E-state index contributed by atoms with van der Waals surface area (Å²) in [7, 11) is 0. The topological polar surface area (TPSA) is 46.2 Å². The lowest BCUT2D eigenvalue weighted by atomic mass is 9.65. The highest BCUT2D eigenvalue weighted by atomic mass is 16.2. The molecule has 0 aromatic carbocycles. The SMILES string of the molecule is CC1(C)CC2C(=O)CC1NC2=O. The molecule has 1 saturated carbocycles. The van der Waals surface area contributed by atoms with Crippen molar-refractivity contribution in [1.82, 2.24) is 5.32 Å². The van der Waals surface area contributed by atoms with Crippen LogP contribution in [0.1, 0.15) is 26.7 Å². The molecule has 1 N–H and O–H groups in total. The lowest BCUT2D eigenvalue weighted by Gasteiger charge is -2.46. The first-order valence-electron chi connectivity index (χ1n) is 4.34. The van der Waals surface area contributed by atoms with Gasteiger partial charge >= 0.3 is 0 Å². The van der Waals surface area contributed by atoms with Crippen LogP contribution in [0, 0.1) is 11.3 Å². The minimum absolute atomic E-state index is 0.0597. The van der Waals surface area contributed by atoms with E-state index in [0.717, 1.165) is 6.42 Å². The number of ketones is 1. The minimum Gasteiger partial charge on any atom is -0.352 e. The molecule has 2 bridgehead atoms. The van der Waals surface area contributed by atoms with E-state index in [2.05, 4.69) is 19.2 Å². The van der Waals surface area contributed by atoms with Crippen LogP contribution in [0.25, 0.3) is 0 Å². The second-order valence-electron chi connectivity index (χ2n) is 4.48. The molecule has 66 valence electrons. The summed E-state index contributed by atoms with van der Waals surface area (Å²) >= 11 is 0. The summed E-state index contributed by atoms with van der Waals surface area (Å²) in [5.41, 5.74) is 0.104. The summed E-state index contributed by atoms with van der Waals surface area (Å²) in [4.78, 5) is 22.5. The van der Waals surface area contributed by atoms with Crippen LogP contribution in [-0.2, 0) is 9.59 Å². The van der Waals surface area contributed by atoms with E-state index in [1.165, 1.54) is 0 Å². The average molecular weight is 167 g/mol. The lowest BCUT2D eigenvalue weighted by molar-refractivity contribution is -0.147. The lowest BCUT2D eigenvalue weighted by Crippen LogP contribution is -2.61. The predicted molar refractivity (Wildman–Crippen MR) is 43.4 cm³/mol. The van der Waals surface area contributed by atoms with Gasteiger partial charge in [-0.25, -0.2) is 0 Å². The molecule has 2 unspecified atom stereocenters. The fourth-order valence-corrected chi connectivity index (χ4v) is 2.16. The van der Waals surface area contributed by atoms with E-state index in [-0.39, 0.29) is 29.1 Å². The third-order valence-corrected chi connectivity index (χ3v) is 3.10. The first-order valence-corrected chi connectivity index (χ1v) is 4.34. The first kappa shape index (κ1) is 7.77. The Morgan fingerprint density at radius 1 is 1.42 bits per heavy atom. The van der Waals surface area contributed by atoms with Crippen molar-refractivity contribution >= 4 is 11.7 Å². The molecule has 2 aliphatic heterocycles. The molecule has 3 aliphatic rings. The summed E-state index contributed by atoms with van der Waals surface area (Å²) in [5, 5.41) is 2.88. The number of carbonyl (C=O) groups excluding carboxylic acids is 2. The molecule has 0 aromatic heterocycles. The van der Waals surface area contributed by atoms with Crippen molar-refractivity contribution in [3.8, 4) is 0 Å². The average Bonchev–Trinajstić information content (AvgIpc) is 1.93. The minimum atomic E-state index is -0.356. The molecular weight excluding hydrogens is 154 g/mol. The van der Waals surface area contributed by atoms with Crippen LogP contribution < -0.4 is 5.32 Å². The molecule has 0 spiro atoms. The Labute approximate surface area is 71.5 Å². The molecule has 1 aliphatic carbocycles. The summed E-state index contributed by atoms with van der Waals surface area (Å²) in [6.07, 6.45) is 1.26. The van der Waals surface area contributed by atoms with E-state index >= 15 is 0 Å². The summed E-state index contributed by atoms with van der Waals surface area (Å²) in [5.74, 6) is -0.288. The van der Waals surface area contributed by atoms with Crippen LogP contribution in [0.2, 0.25) is 0 Å². The highest BCUT2D eigenvalue weighted by molar-refractivity contribution is 6.05. The van der Waals surface area contributed by atoms with Crippen molar-refractivity contribution in [3.05, 3.63) is 0 Å². The number of amides is 1. The van der Waals surface area contributed by atoms with E-state index in [4.69, 9.17) is 0 Å². The highest BCUT2D eigenvalue weighted by Gasteiger charge is 2.49. The Morgan fingerprint density at radius 3 is 2.50 bits per heavy atom. The van der Waals surface area contributed by atoms with Gasteiger partial charge in [-0.2, -0.15) is 0 Å². The second kappa shape index (κ2) is 2.09. The van der Waals surface area contributed by atoms with Crippen molar-refractivity contribution in [1.29, 1.82) is 0 Å². The van der Waals surface area contributed by atoms with Crippen molar-refractivity contribution in [2.45, 2.75) is 32.7 Å². The van der Waals surface area contributed by atoms with Crippen molar-refractivity contribution < 1.29 is 9.59 Å². The molecule has 0 radical (unpaired) electrons. The zero-order valence-corrected chi connectivity index (χ0v) is 7.39. The second-order valence-corrected chi connectivity index (χ2v) is 4.48. The van der Waals surface area contributed by atoms with E-state index < -0.39 is 0 Å². The van der Waals surface area contributed by atoms with Gasteiger partial charge in [0.2, 0.25) is 5.91 Å². The number of hydrogen-bond donors (Lipinski definition) is 1. The van der Waals surface area contributed by atoms with Crippen LogP contribution in [0.5, 0.6) is 0 Å². The van der Waals surface area contributed by atoms with Gasteiger partial charge in [-0.1, -0.05) is 13.8 Å². The Bertz CT molecular complexity index is 239. The maximum atomic E-state index is 11.3. The van der Waals surface area contributed by atoms with Crippen LogP contribution in [0.4, 0.5) is 0 Å². The fraction of sp³-hybridized carbons (Fsp3) is 0.778. The Hall–Kier alpha value is -0.860. The number of carbonyl (C=O) groups is 2. The first-order chi connectivity index (χ1) is 5.50. The normalized spacial score (nSPS) is 38.2. The van der Waals surface area contributed by atoms with E-state index in [0.29, 0.717) is 6.42 Å². The maximum absolute atomic E-state index is 11.3. The summed E-state index contributed by atoms with van der Waals surface area (Å²) in [6, 6.07) is 0.0718. The molecule has 3 nitrogen and oxygen atoms in total. The van der Waals surface area contributed by atoms with Gasteiger partial charge < -0.3 is 5.32 Å². The Balaban J connectivity index is 2.32. The monoisotopic (exact) mass is 167 g/mol. The number of fused-ring (bicyclic) bond motifs is 3. The zero-order valence-electron chi connectivity index (χ0n) is 7.39. The molecular formula is C9H13NO2. The van der Waals surface area contributed by atoms with Crippen LogP contribution >= 0.6 is 0 Å². The summed E-state index contributed by atoms with van der Waals surface area (Å²) < 4.78 is 0. The molecule has 0 aromatic rings. The number of piperidine rings is 2. The molecule has 1 amide bonds. The Morgan fingerprint density at radius 2 is 2.08 bits per heavy atom. The molecule has 2 heterocycles. The van der Waals surface area contributed by atoms with Crippen LogP contribution in [0.15, 0.2) is 0 Å². The predicted octanol–water partition coefficient (Wildman–Crippen LogP) is 0.490. The third kappa shape index (κ3) is 0.886. The molecule has 2 saturated heterocycles. The standard InChI is InChI=1S/C9H13NO2/c1-9(2)4-5-6(11)3-7(9)10-8(5)12/h5,7H,3-4H2,1-2H3,(H,10,12). The van der Waals surface area contributed by atoms with Gasteiger partial charge in [-0.05, 0) is 11.8 Å². The van der Waals surface area contributed by atoms with E-state index in [1.54, 1.807) is 0 Å². The highest BCUT2D eigenvalue weighted by Crippen LogP contribution is 2.40. The van der Waals surface area contributed by atoms with Gasteiger partial charge in [0.25, 0.3) is 0 Å². The van der Waals surface area contributed by atoms with Gasteiger partial charge in [0.05, 0.1) is 5.92 Å². The number of nitrogens with one attached hydrogen (secondary N) is 1. The van der Waals surface area contributed by atoms with E-state index in [9.17, 15) is 9.59 Å². The largest absolute Gasteiger partial charge is 0.352 e. The Kier molecular flexibility index (Phi) is 1.35. The van der Waals surface area contributed by atoms with Crippen molar-refractivity contribution in [2.24, 2.45) is 11.3 Å². The quantitative estimate of drug-likeness (QED) is 0.534. The fourth-order valence-electron chi connectivity index (χ4n) is 2.16. The number of hydrogen-bond acceptors (Lipinski definition) is 2. The van der Waals surface area contributed by atoms with Gasteiger partial charge in [-0.3, -0.25) is 9.59 Å². The molecule has 12 heavy (non-hydrogen) atoms. The van der Waals surface area contributed by atoms with Gasteiger partial charge in [0.15, 0.2) is 0 Å². The molecule has 3 fully saturated rings. The van der Waals surface area contributed by atoms with Gasteiger partial charge in [-0.15, -0.1) is 0 Å². The van der Waals surface area contributed by atoms with Crippen molar-refractivity contribution in [2.75, 3.05) is 0 Å². The van der Waals surface area contributed by atoms with E-state index in [1.807, 2.05) is 0 Å². The summed E-state index contributed by atoms with van der Waals surface area (Å²) in [6.45, 7) is 4.22. The number of Topliss-reactive ketones (excluding diaryl/α,β-unsaturated/α-hetero) is 1.